The molecule has 2 heterocycles. The number of aromatic amines is 1. The Balaban J connectivity index is 0.00000100. The quantitative estimate of drug-likeness (QED) is 0.764. The number of aliphatic hydroxyl groups excluding tert-OH is 1. The molecule has 2 aromatic rings. The van der Waals surface area contributed by atoms with E-state index in [2.05, 4.69) is 46.3 Å². The second-order valence-corrected chi connectivity index (χ2v) is 6.02. The normalized spacial score (nSPS) is 14.6. The van der Waals surface area contributed by atoms with E-state index in [0.717, 1.165) is 17.9 Å². The fraction of sp³-hybridized carbons (Fsp3) is 0.500. The first-order valence-corrected chi connectivity index (χ1v) is 8.39. The first-order valence-electron chi connectivity index (χ1n) is 8.39. The number of aromatic nitrogens is 4. The second-order valence-electron chi connectivity index (χ2n) is 6.02. The number of hydrogen-bond acceptors (Lipinski definition) is 5. The number of aliphatic hydroxyl groups is 1. The number of anilines is 1. The zero-order chi connectivity index (χ0) is 17.5. The molecular formula is C18H27N5O. The van der Waals surface area contributed by atoms with Crippen molar-refractivity contribution in [3.05, 3.63) is 48.6 Å². The van der Waals surface area contributed by atoms with Gasteiger partial charge in [-0.15, -0.1) is 13.2 Å². The van der Waals surface area contributed by atoms with Crippen molar-refractivity contribution >= 4 is 5.95 Å². The van der Waals surface area contributed by atoms with Crippen molar-refractivity contribution in [1.29, 1.82) is 0 Å². The maximum absolute atomic E-state index is 8.93. The van der Waals surface area contributed by atoms with Crippen molar-refractivity contribution in [2.24, 2.45) is 0 Å². The zero-order valence-corrected chi connectivity index (χ0v) is 14.6. The Hall–Kier alpha value is -2.21. The molecule has 1 atom stereocenters. The Bertz CT molecular complexity index is 638. The number of rotatable bonds is 7. The molecule has 1 saturated carbocycles. The van der Waals surface area contributed by atoms with E-state index in [1.807, 2.05) is 18.0 Å². The van der Waals surface area contributed by atoms with Crippen molar-refractivity contribution in [1.82, 2.24) is 20.2 Å². The van der Waals surface area contributed by atoms with Gasteiger partial charge in [0, 0.05) is 43.9 Å². The van der Waals surface area contributed by atoms with E-state index in [1.54, 1.807) is 6.20 Å². The Morgan fingerprint density at radius 3 is 2.79 bits per heavy atom. The molecule has 1 unspecified atom stereocenters. The van der Waals surface area contributed by atoms with Gasteiger partial charge in [-0.25, -0.2) is 9.97 Å². The summed E-state index contributed by atoms with van der Waals surface area (Å²) in [7, 11) is 1.94. The monoisotopic (exact) mass is 329 g/mol. The largest absolute Gasteiger partial charge is 0.396 e. The first kappa shape index (κ1) is 18.1. The lowest BCUT2D eigenvalue weighted by Crippen LogP contribution is -2.22. The van der Waals surface area contributed by atoms with Crippen LogP contribution in [0.1, 0.15) is 55.1 Å². The number of hydrogen-bond donors (Lipinski definition) is 2. The summed E-state index contributed by atoms with van der Waals surface area (Å²) in [5.74, 6) is 1.51. The van der Waals surface area contributed by atoms with E-state index < -0.39 is 0 Å². The van der Waals surface area contributed by atoms with E-state index in [-0.39, 0.29) is 12.5 Å². The van der Waals surface area contributed by atoms with Gasteiger partial charge >= 0.3 is 0 Å². The minimum Gasteiger partial charge on any atom is -0.396 e. The number of H-pyrrole nitrogens is 1. The van der Waals surface area contributed by atoms with Crippen LogP contribution in [0.25, 0.3) is 0 Å². The van der Waals surface area contributed by atoms with Crippen molar-refractivity contribution in [2.75, 3.05) is 25.1 Å². The van der Waals surface area contributed by atoms with Crippen molar-refractivity contribution in [3.8, 4) is 0 Å². The van der Waals surface area contributed by atoms with Crippen LogP contribution in [0, 0.1) is 0 Å². The third-order valence-electron chi connectivity index (χ3n) is 4.18. The van der Waals surface area contributed by atoms with E-state index in [9.17, 15) is 0 Å². The smallest absolute Gasteiger partial charge is 0.225 e. The van der Waals surface area contributed by atoms with Gasteiger partial charge in [-0.2, -0.15) is 5.10 Å². The highest BCUT2D eigenvalue weighted by atomic mass is 16.3. The molecule has 2 N–H and O–H groups in total. The number of nitrogens with zero attached hydrogens (tertiary/aromatic N) is 4. The molecule has 24 heavy (non-hydrogen) atoms. The fourth-order valence-corrected chi connectivity index (χ4v) is 2.52. The Morgan fingerprint density at radius 2 is 2.12 bits per heavy atom. The van der Waals surface area contributed by atoms with E-state index in [4.69, 9.17) is 5.11 Å². The molecule has 0 saturated heterocycles. The van der Waals surface area contributed by atoms with Crippen LogP contribution in [0.15, 0.2) is 31.5 Å². The first-order chi connectivity index (χ1) is 11.7. The van der Waals surface area contributed by atoms with Crippen molar-refractivity contribution < 1.29 is 5.11 Å². The second kappa shape index (κ2) is 8.59. The molecule has 130 valence electrons. The third kappa shape index (κ3) is 4.41. The van der Waals surface area contributed by atoms with Crippen LogP contribution >= 0.6 is 0 Å². The highest BCUT2D eigenvalue weighted by Crippen LogP contribution is 2.39. The van der Waals surface area contributed by atoms with Crippen LogP contribution in [0.3, 0.4) is 0 Å². The maximum atomic E-state index is 8.93. The molecule has 1 aliphatic carbocycles. The molecule has 1 aliphatic rings. The molecule has 0 amide bonds. The predicted molar refractivity (Wildman–Crippen MR) is 96.3 cm³/mol. The summed E-state index contributed by atoms with van der Waals surface area (Å²) in [4.78, 5) is 10.9. The van der Waals surface area contributed by atoms with Crippen molar-refractivity contribution in [3.63, 3.8) is 0 Å². The standard InChI is InChI=1S/C16H23N5O.C2H4/c1-11(14-10-15(20-19-14)12-4-5-12)13-6-7-17-16(18-13)21(2)8-3-9-22;1-2/h6-7,10-12,22H,3-5,8-9H2,1-2H3,(H,19,20);1-2H2. The minimum atomic E-state index is 0.136. The summed E-state index contributed by atoms with van der Waals surface area (Å²) in [5, 5.41) is 16.5. The summed E-state index contributed by atoms with van der Waals surface area (Å²) in [5.41, 5.74) is 3.25. The minimum absolute atomic E-state index is 0.136. The molecule has 0 spiro atoms. The van der Waals surface area contributed by atoms with Gasteiger partial charge in [-0.05, 0) is 31.4 Å². The zero-order valence-electron chi connectivity index (χ0n) is 14.6. The molecule has 6 nitrogen and oxygen atoms in total. The SMILES string of the molecule is C=C.CC(c1cc(C2CC2)[nH]n1)c1ccnc(N(C)CCCO)n1. The summed E-state index contributed by atoms with van der Waals surface area (Å²) in [6.45, 7) is 9.03. The van der Waals surface area contributed by atoms with Crippen molar-refractivity contribution in [2.45, 2.75) is 38.0 Å². The molecule has 6 heteroatoms. The van der Waals surface area contributed by atoms with Gasteiger partial charge in [0.05, 0.1) is 11.4 Å². The van der Waals surface area contributed by atoms with Gasteiger partial charge in [0.1, 0.15) is 0 Å². The van der Waals surface area contributed by atoms with Crippen LogP contribution in [-0.2, 0) is 0 Å². The Kier molecular flexibility index (Phi) is 6.49. The molecule has 0 aliphatic heterocycles. The van der Waals surface area contributed by atoms with Gasteiger partial charge in [0.25, 0.3) is 0 Å². The van der Waals surface area contributed by atoms with E-state index in [0.29, 0.717) is 18.3 Å². The Labute approximate surface area is 143 Å². The van der Waals surface area contributed by atoms with Crippen LogP contribution in [0.2, 0.25) is 0 Å². The molecule has 0 aromatic carbocycles. The highest BCUT2D eigenvalue weighted by molar-refractivity contribution is 5.32. The van der Waals surface area contributed by atoms with E-state index in [1.165, 1.54) is 18.5 Å². The van der Waals surface area contributed by atoms with Crippen LogP contribution in [-0.4, -0.2) is 45.5 Å². The molecule has 3 rings (SSSR count). The summed E-state index contributed by atoms with van der Waals surface area (Å²) in [6, 6.07) is 4.11. The van der Waals surface area contributed by atoms with Gasteiger partial charge in [-0.1, -0.05) is 6.92 Å². The van der Waals surface area contributed by atoms with Crippen LogP contribution in [0.5, 0.6) is 0 Å². The van der Waals surface area contributed by atoms with Gasteiger partial charge < -0.3 is 10.0 Å². The Morgan fingerprint density at radius 1 is 1.38 bits per heavy atom. The topological polar surface area (TPSA) is 77.9 Å². The summed E-state index contributed by atoms with van der Waals surface area (Å²) in [6.07, 6.45) is 5.04. The van der Waals surface area contributed by atoms with Gasteiger partial charge in [0.15, 0.2) is 0 Å². The molecular weight excluding hydrogens is 302 g/mol. The molecule has 1 fully saturated rings. The lowest BCUT2D eigenvalue weighted by Gasteiger charge is -2.17. The average molecular weight is 329 g/mol. The van der Waals surface area contributed by atoms with Crippen LogP contribution < -0.4 is 4.90 Å². The maximum Gasteiger partial charge on any atom is 0.225 e. The summed E-state index contributed by atoms with van der Waals surface area (Å²) < 4.78 is 0. The lowest BCUT2D eigenvalue weighted by molar-refractivity contribution is 0.290. The van der Waals surface area contributed by atoms with Crippen LogP contribution in [0.4, 0.5) is 5.95 Å². The fourth-order valence-electron chi connectivity index (χ4n) is 2.52. The molecule has 0 radical (unpaired) electrons. The molecule has 2 aromatic heterocycles. The van der Waals surface area contributed by atoms with E-state index >= 15 is 0 Å². The molecule has 0 bridgehead atoms. The van der Waals surface area contributed by atoms with Gasteiger partial charge in [0.2, 0.25) is 5.95 Å². The summed E-state index contributed by atoms with van der Waals surface area (Å²) >= 11 is 0. The highest BCUT2D eigenvalue weighted by Gasteiger charge is 2.26. The third-order valence-corrected chi connectivity index (χ3v) is 4.18. The predicted octanol–water partition coefficient (Wildman–Crippen LogP) is 2.85. The average Bonchev–Trinajstić information content (AvgIpc) is 3.38. The van der Waals surface area contributed by atoms with Gasteiger partial charge in [-0.3, -0.25) is 5.10 Å². The number of nitrogens with one attached hydrogen (secondary N) is 1. The lowest BCUT2D eigenvalue weighted by atomic mass is 10.0.